The van der Waals surface area contributed by atoms with Crippen molar-refractivity contribution in [1.29, 1.82) is 0 Å². The van der Waals surface area contributed by atoms with Gasteiger partial charge in [-0.05, 0) is 56.0 Å². The molecule has 1 fully saturated rings. The molecule has 1 aromatic carbocycles. The van der Waals surface area contributed by atoms with Gasteiger partial charge in [0.25, 0.3) is 0 Å². The van der Waals surface area contributed by atoms with Gasteiger partial charge in [0.15, 0.2) is 0 Å². The van der Waals surface area contributed by atoms with E-state index >= 15 is 0 Å². The van der Waals surface area contributed by atoms with E-state index in [-0.39, 0.29) is 0 Å². The van der Waals surface area contributed by atoms with Crippen LogP contribution in [0.5, 0.6) is 0 Å². The zero-order valence-corrected chi connectivity index (χ0v) is 17.5. The van der Waals surface area contributed by atoms with Gasteiger partial charge in [-0.15, -0.1) is 0 Å². The predicted molar refractivity (Wildman–Crippen MR) is 118 cm³/mol. The van der Waals surface area contributed by atoms with Crippen LogP contribution in [0.4, 0.5) is 5.69 Å². The molecule has 0 amide bonds. The molecule has 2 heterocycles. The predicted octanol–water partition coefficient (Wildman–Crippen LogP) is 5.09. The SMILES string of the molecule is C/C=C\C(=C/CC)c1c(-c2cccc(N3CCNCC3)c2)c(C)c(C)n1C. The Morgan fingerprint density at radius 3 is 2.59 bits per heavy atom. The summed E-state index contributed by atoms with van der Waals surface area (Å²) in [6.45, 7) is 13.0. The number of piperazine rings is 1. The van der Waals surface area contributed by atoms with E-state index in [0.29, 0.717) is 0 Å². The Balaban J connectivity index is 2.14. The van der Waals surface area contributed by atoms with Gasteiger partial charge in [-0.2, -0.15) is 0 Å². The van der Waals surface area contributed by atoms with Crippen LogP contribution >= 0.6 is 0 Å². The van der Waals surface area contributed by atoms with Crippen LogP contribution in [-0.4, -0.2) is 30.7 Å². The minimum atomic E-state index is 1.03. The van der Waals surface area contributed by atoms with Crippen LogP contribution in [0.1, 0.15) is 37.2 Å². The van der Waals surface area contributed by atoms with Crippen molar-refractivity contribution in [3.05, 3.63) is 59.4 Å². The summed E-state index contributed by atoms with van der Waals surface area (Å²) in [7, 11) is 2.19. The van der Waals surface area contributed by atoms with Crippen LogP contribution in [0, 0.1) is 13.8 Å². The first-order chi connectivity index (χ1) is 13.1. The van der Waals surface area contributed by atoms with Gasteiger partial charge in [0.05, 0.1) is 5.69 Å². The highest BCUT2D eigenvalue weighted by Gasteiger charge is 2.20. The molecule has 0 atom stereocenters. The maximum absolute atomic E-state index is 3.44. The Labute approximate surface area is 164 Å². The Hall–Kier alpha value is -2.26. The van der Waals surface area contributed by atoms with Crippen LogP contribution in [0.3, 0.4) is 0 Å². The zero-order chi connectivity index (χ0) is 19.4. The fourth-order valence-electron chi connectivity index (χ4n) is 4.06. The van der Waals surface area contributed by atoms with Crippen molar-refractivity contribution in [2.24, 2.45) is 7.05 Å². The van der Waals surface area contributed by atoms with E-state index < -0.39 is 0 Å². The fourth-order valence-corrected chi connectivity index (χ4v) is 4.06. The molecule has 144 valence electrons. The highest BCUT2D eigenvalue weighted by molar-refractivity contribution is 5.87. The third-order valence-corrected chi connectivity index (χ3v) is 5.65. The average Bonchev–Trinajstić information content (AvgIpc) is 2.92. The molecule has 3 nitrogen and oxygen atoms in total. The summed E-state index contributed by atoms with van der Waals surface area (Å²) in [5, 5.41) is 3.44. The third kappa shape index (κ3) is 3.89. The molecule has 1 aromatic heterocycles. The van der Waals surface area contributed by atoms with Gasteiger partial charge < -0.3 is 14.8 Å². The van der Waals surface area contributed by atoms with Crippen LogP contribution in [0.15, 0.2) is 42.5 Å². The second kappa shape index (κ2) is 8.62. The van der Waals surface area contributed by atoms with Crippen LogP contribution < -0.4 is 10.2 Å². The summed E-state index contributed by atoms with van der Waals surface area (Å²) in [5.41, 5.74) is 9.34. The number of hydrogen-bond acceptors (Lipinski definition) is 2. The third-order valence-electron chi connectivity index (χ3n) is 5.65. The molecular formula is C24H33N3. The molecule has 0 spiro atoms. The number of benzene rings is 1. The Kier molecular flexibility index (Phi) is 6.22. The quantitative estimate of drug-likeness (QED) is 0.747. The van der Waals surface area contributed by atoms with Gasteiger partial charge in [0, 0.05) is 50.2 Å². The van der Waals surface area contributed by atoms with Crippen LogP contribution in [0.25, 0.3) is 16.7 Å². The van der Waals surface area contributed by atoms with E-state index in [0.717, 1.165) is 32.6 Å². The lowest BCUT2D eigenvalue weighted by Crippen LogP contribution is -2.43. The molecule has 27 heavy (non-hydrogen) atoms. The van der Waals surface area contributed by atoms with E-state index in [9.17, 15) is 0 Å². The van der Waals surface area contributed by atoms with Crippen molar-refractivity contribution in [2.45, 2.75) is 34.1 Å². The fraction of sp³-hybridized carbons (Fsp3) is 0.417. The van der Waals surface area contributed by atoms with E-state index in [1.165, 1.54) is 39.3 Å². The Morgan fingerprint density at radius 2 is 1.93 bits per heavy atom. The Morgan fingerprint density at radius 1 is 1.19 bits per heavy atom. The number of nitrogens with zero attached hydrogens (tertiary/aromatic N) is 2. The van der Waals surface area contributed by atoms with Gasteiger partial charge >= 0.3 is 0 Å². The summed E-state index contributed by atoms with van der Waals surface area (Å²) in [6.07, 6.45) is 7.74. The highest BCUT2D eigenvalue weighted by Crippen LogP contribution is 2.37. The highest BCUT2D eigenvalue weighted by atomic mass is 15.2. The van der Waals surface area contributed by atoms with Gasteiger partial charge in [-0.1, -0.05) is 37.3 Å². The Bertz CT molecular complexity index is 849. The molecule has 3 rings (SSSR count). The number of hydrogen-bond donors (Lipinski definition) is 1. The van der Waals surface area contributed by atoms with Crippen molar-refractivity contribution in [2.75, 3.05) is 31.1 Å². The minimum absolute atomic E-state index is 1.03. The molecule has 1 aliphatic rings. The molecule has 0 unspecified atom stereocenters. The monoisotopic (exact) mass is 363 g/mol. The van der Waals surface area contributed by atoms with Gasteiger partial charge in [-0.25, -0.2) is 0 Å². The molecule has 0 bridgehead atoms. The molecule has 0 saturated carbocycles. The van der Waals surface area contributed by atoms with Crippen molar-refractivity contribution >= 4 is 11.3 Å². The first-order valence-electron chi connectivity index (χ1n) is 10.1. The number of aromatic nitrogens is 1. The first-order valence-corrected chi connectivity index (χ1v) is 10.1. The van der Waals surface area contributed by atoms with Crippen molar-refractivity contribution in [1.82, 2.24) is 9.88 Å². The summed E-state index contributed by atoms with van der Waals surface area (Å²) < 4.78 is 2.35. The summed E-state index contributed by atoms with van der Waals surface area (Å²) >= 11 is 0. The lowest BCUT2D eigenvalue weighted by Gasteiger charge is -2.29. The number of nitrogens with one attached hydrogen (secondary N) is 1. The van der Waals surface area contributed by atoms with Crippen molar-refractivity contribution in [3.63, 3.8) is 0 Å². The molecule has 0 aliphatic carbocycles. The van der Waals surface area contributed by atoms with Crippen LogP contribution in [-0.2, 0) is 7.05 Å². The lowest BCUT2D eigenvalue weighted by molar-refractivity contribution is 0.589. The topological polar surface area (TPSA) is 20.2 Å². The number of rotatable bonds is 5. The van der Waals surface area contributed by atoms with E-state index in [4.69, 9.17) is 0 Å². The normalized spacial score (nSPS) is 15.7. The molecule has 1 N–H and O–H groups in total. The lowest BCUT2D eigenvalue weighted by atomic mass is 9.96. The second-order valence-electron chi connectivity index (χ2n) is 7.35. The standard InChI is InChI=1S/C24H33N3/c1-6-9-20(10-7-2)24-23(18(3)19(4)26(24)5)21-11-8-12-22(17-21)27-15-13-25-14-16-27/h6,8-12,17,25H,7,13-16H2,1-5H3/b9-6-,20-10+. The second-order valence-corrected chi connectivity index (χ2v) is 7.35. The minimum Gasteiger partial charge on any atom is -0.369 e. The summed E-state index contributed by atoms with van der Waals surface area (Å²) in [5.74, 6) is 0. The summed E-state index contributed by atoms with van der Waals surface area (Å²) in [6, 6.07) is 9.08. The van der Waals surface area contributed by atoms with Crippen LogP contribution in [0.2, 0.25) is 0 Å². The molecular weight excluding hydrogens is 330 g/mol. The molecule has 2 aromatic rings. The first kappa shape index (κ1) is 19.5. The molecule has 3 heteroatoms. The van der Waals surface area contributed by atoms with Crippen molar-refractivity contribution < 1.29 is 0 Å². The summed E-state index contributed by atoms with van der Waals surface area (Å²) in [4.78, 5) is 2.49. The number of anilines is 1. The van der Waals surface area contributed by atoms with E-state index in [1.54, 1.807) is 0 Å². The van der Waals surface area contributed by atoms with Gasteiger partial charge in [-0.3, -0.25) is 0 Å². The molecule has 1 saturated heterocycles. The number of allylic oxidation sites excluding steroid dienone is 4. The largest absolute Gasteiger partial charge is 0.369 e. The zero-order valence-electron chi connectivity index (χ0n) is 17.5. The molecule has 1 aliphatic heterocycles. The van der Waals surface area contributed by atoms with E-state index in [1.807, 2.05) is 0 Å². The van der Waals surface area contributed by atoms with Gasteiger partial charge in [0.1, 0.15) is 0 Å². The smallest absolute Gasteiger partial charge is 0.0558 e. The van der Waals surface area contributed by atoms with Crippen molar-refractivity contribution in [3.8, 4) is 11.1 Å². The molecule has 0 radical (unpaired) electrons. The maximum atomic E-state index is 3.44. The average molecular weight is 364 g/mol. The maximum Gasteiger partial charge on any atom is 0.0558 e. The van der Waals surface area contributed by atoms with Gasteiger partial charge in [0.2, 0.25) is 0 Å². The van der Waals surface area contributed by atoms with E-state index in [2.05, 4.69) is 92.0 Å².